The second kappa shape index (κ2) is 7.23. The van der Waals surface area contributed by atoms with Crippen LogP contribution in [0.3, 0.4) is 0 Å². The van der Waals surface area contributed by atoms with Gasteiger partial charge < -0.3 is 10.6 Å². The van der Waals surface area contributed by atoms with Crippen LogP contribution in [-0.4, -0.2) is 18.7 Å². The van der Waals surface area contributed by atoms with Gasteiger partial charge in [0.1, 0.15) is 0 Å². The molecule has 2 N–H and O–H groups in total. The highest BCUT2D eigenvalue weighted by atomic mass is 32.1. The molecule has 0 spiro atoms. The molecule has 25 heavy (non-hydrogen) atoms. The number of aromatic nitrogens is 4. The van der Waals surface area contributed by atoms with Gasteiger partial charge in [-0.25, -0.2) is 0 Å². The molecule has 0 saturated carbocycles. The molecule has 0 saturated heterocycles. The Morgan fingerprint density at radius 1 is 0.720 bits per heavy atom. The fourth-order valence-corrected chi connectivity index (χ4v) is 2.95. The molecule has 0 aliphatic rings. The molecule has 0 unspecified atom stereocenters. The van der Waals surface area contributed by atoms with E-state index in [2.05, 4.69) is 53.6 Å². The minimum Gasteiger partial charge on any atom is -0.364 e. The normalized spacial score (nSPS) is 10.7. The van der Waals surface area contributed by atoms with E-state index in [9.17, 15) is 0 Å². The molecule has 2 heterocycles. The predicted octanol–water partition coefficient (Wildman–Crippen LogP) is 3.71. The Labute approximate surface area is 149 Å². The molecular weight excluding hydrogens is 332 g/mol. The summed E-state index contributed by atoms with van der Waals surface area (Å²) in [5, 5.41) is 6.60. The van der Waals surface area contributed by atoms with Crippen molar-refractivity contribution in [3.63, 3.8) is 0 Å². The first-order chi connectivity index (χ1) is 12.4. The minimum atomic E-state index is 0.541. The molecule has 2 aromatic carbocycles. The van der Waals surface area contributed by atoms with Crippen molar-refractivity contribution < 1.29 is 0 Å². The smallest absolute Gasteiger partial charge is 0.227 e. The lowest BCUT2D eigenvalue weighted by Crippen LogP contribution is -2.08. The molecule has 0 radical (unpaired) electrons. The average molecular weight is 348 g/mol. The number of nitrogens with one attached hydrogen (secondary N) is 2. The van der Waals surface area contributed by atoms with Gasteiger partial charge in [-0.05, 0) is 11.1 Å². The van der Waals surface area contributed by atoms with Crippen molar-refractivity contribution in [2.24, 2.45) is 0 Å². The minimum absolute atomic E-state index is 0.541. The summed E-state index contributed by atoms with van der Waals surface area (Å²) in [7, 11) is 0. The molecule has 4 rings (SSSR count). The van der Waals surface area contributed by atoms with Crippen molar-refractivity contribution >= 4 is 34.7 Å². The molecule has 0 bridgehead atoms. The Morgan fingerprint density at radius 3 is 2.04 bits per heavy atom. The van der Waals surface area contributed by atoms with E-state index in [1.807, 2.05) is 36.4 Å². The van der Waals surface area contributed by atoms with Crippen LogP contribution in [0.4, 0.5) is 11.8 Å². The maximum atomic E-state index is 4.57. The third kappa shape index (κ3) is 3.72. The van der Waals surface area contributed by atoms with E-state index in [4.69, 9.17) is 0 Å². The maximum absolute atomic E-state index is 4.57. The number of nitrogens with zero attached hydrogens (tertiary/aromatic N) is 4. The van der Waals surface area contributed by atoms with Crippen molar-refractivity contribution in [1.82, 2.24) is 18.7 Å². The van der Waals surface area contributed by atoms with Crippen LogP contribution in [0.1, 0.15) is 11.1 Å². The number of anilines is 2. The van der Waals surface area contributed by atoms with E-state index < -0.39 is 0 Å². The molecule has 0 atom stereocenters. The number of fused-ring (bicyclic) bond motifs is 1. The Kier molecular flexibility index (Phi) is 4.47. The Bertz CT molecular complexity index is 955. The third-order valence-corrected chi connectivity index (χ3v) is 4.24. The molecule has 0 aliphatic heterocycles. The zero-order chi connectivity index (χ0) is 16.9. The van der Waals surface area contributed by atoms with Crippen LogP contribution in [-0.2, 0) is 13.1 Å². The van der Waals surface area contributed by atoms with Gasteiger partial charge in [0, 0.05) is 13.1 Å². The molecule has 2 aromatic heterocycles. The Hall–Kier alpha value is -3.06. The quantitative estimate of drug-likeness (QED) is 0.553. The van der Waals surface area contributed by atoms with Crippen LogP contribution in [0.25, 0.3) is 11.2 Å². The highest BCUT2D eigenvalue weighted by molar-refractivity contribution is 7.00. The van der Waals surface area contributed by atoms with Crippen molar-refractivity contribution in [3.8, 4) is 0 Å². The number of rotatable bonds is 6. The lowest BCUT2D eigenvalue weighted by molar-refractivity contribution is 1.05. The van der Waals surface area contributed by atoms with E-state index in [1.54, 1.807) is 0 Å². The summed E-state index contributed by atoms with van der Waals surface area (Å²) >= 11 is 1.14. The van der Waals surface area contributed by atoms with Crippen LogP contribution in [0.5, 0.6) is 0 Å². The van der Waals surface area contributed by atoms with Crippen LogP contribution in [0.15, 0.2) is 60.7 Å². The van der Waals surface area contributed by atoms with Crippen molar-refractivity contribution in [2.75, 3.05) is 10.6 Å². The summed E-state index contributed by atoms with van der Waals surface area (Å²) in [6.45, 7) is 1.32. The van der Waals surface area contributed by atoms with Gasteiger partial charge in [0.05, 0.1) is 11.7 Å². The largest absolute Gasteiger partial charge is 0.364 e. The van der Waals surface area contributed by atoms with Crippen LogP contribution in [0, 0.1) is 0 Å². The van der Waals surface area contributed by atoms with Gasteiger partial charge in [-0.2, -0.15) is 18.7 Å². The van der Waals surface area contributed by atoms with E-state index in [1.165, 1.54) is 11.1 Å². The van der Waals surface area contributed by atoms with Crippen molar-refractivity contribution in [3.05, 3.63) is 71.8 Å². The molecule has 4 aromatic rings. The lowest BCUT2D eigenvalue weighted by Gasteiger charge is -2.09. The summed E-state index contributed by atoms with van der Waals surface area (Å²) in [4.78, 5) is 9.01. The Balaban J connectivity index is 1.54. The van der Waals surface area contributed by atoms with E-state index in [0.29, 0.717) is 36.0 Å². The average Bonchev–Trinajstić information content (AvgIpc) is 3.15. The second-order valence-corrected chi connectivity index (χ2v) is 6.04. The van der Waals surface area contributed by atoms with Gasteiger partial charge in [-0.1, -0.05) is 60.7 Å². The van der Waals surface area contributed by atoms with Crippen molar-refractivity contribution in [2.45, 2.75) is 13.1 Å². The van der Waals surface area contributed by atoms with E-state index >= 15 is 0 Å². The van der Waals surface area contributed by atoms with Crippen molar-refractivity contribution in [1.29, 1.82) is 0 Å². The first-order valence-corrected chi connectivity index (χ1v) is 8.67. The second-order valence-electron chi connectivity index (χ2n) is 5.51. The topological polar surface area (TPSA) is 75.6 Å². The zero-order valence-corrected chi connectivity index (χ0v) is 14.2. The van der Waals surface area contributed by atoms with E-state index in [-0.39, 0.29) is 0 Å². The fourth-order valence-electron chi connectivity index (χ4n) is 2.45. The number of hydrogen-bond donors (Lipinski definition) is 2. The SMILES string of the molecule is c1ccc(CNc2nc(NCc3ccccc3)c3nsnc3n2)cc1. The molecule has 6 nitrogen and oxygen atoms in total. The molecule has 124 valence electrons. The summed E-state index contributed by atoms with van der Waals surface area (Å²) in [6.07, 6.45) is 0. The number of benzene rings is 2. The van der Waals surface area contributed by atoms with Gasteiger partial charge in [0.25, 0.3) is 0 Å². The highest BCUT2D eigenvalue weighted by Gasteiger charge is 2.11. The standard InChI is InChI=1S/C18H16N6S/c1-3-7-13(8-4-1)11-19-16-15-17(24-25-23-15)22-18(21-16)20-12-14-9-5-2-6-10-14/h1-10H,11-12H2,(H2,19,20,21,22,24). The van der Waals surface area contributed by atoms with Crippen LogP contribution < -0.4 is 10.6 Å². The molecule has 0 fully saturated rings. The van der Waals surface area contributed by atoms with Crippen LogP contribution in [0.2, 0.25) is 0 Å². The monoisotopic (exact) mass is 348 g/mol. The summed E-state index contributed by atoms with van der Waals surface area (Å²) < 4.78 is 8.56. The molecule has 0 amide bonds. The molecule has 7 heteroatoms. The molecule has 0 aliphatic carbocycles. The number of hydrogen-bond acceptors (Lipinski definition) is 7. The fraction of sp³-hybridized carbons (Fsp3) is 0.111. The predicted molar refractivity (Wildman–Crippen MR) is 101 cm³/mol. The van der Waals surface area contributed by atoms with Gasteiger partial charge in [-0.3, -0.25) is 0 Å². The Morgan fingerprint density at radius 2 is 1.36 bits per heavy atom. The first-order valence-electron chi connectivity index (χ1n) is 7.94. The first kappa shape index (κ1) is 15.5. The highest BCUT2D eigenvalue weighted by Crippen LogP contribution is 2.21. The van der Waals surface area contributed by atoms with Gasteiger partial charge >= 0.3 is 0 Å². The zero-order valence-electron chi connectivity index (χ0n) is 13.4. The van der Waals surface area contributed by atoms with Gasteiger partial charge in [0.2, 0.25) is 11.6 Å². The molecular formula is C18H16N6S. The third-order valence-electron chi connectivity index (χ3n) is 3.72. The van der Waals surface area contributed by atoms with Gasteiger partial charge in [-0.15, -0.1) is 0 Å². The summed E-state index contributed by atoms with van der Waals surface area (Å²) in [5.74, 6) is 1.23. The van der Waals surface area contributed by atoms with E-state index in [0.717, 1.165) is 11.7 Å². The van der Waals surface area contributed by atoms with Crippen LogP contribution >= 0.6 is 11.7 Å². The summed E-state index contributed by atoms with van der Waals surface area (Å²) in [6, 6.07) is 20.3. The maximum Gasteiger partial charge on any atom is 0.227 e. The van der Waals surface area contributed by atoms with Gasteiger partial charge in [0.15, 0.2) is 11.3 Å². The lowest BCUT2D eigenvalue weighted by atomic mass is 10.2. The summed E-state index contributed by atoms with van der Waals surface area (Å²) in [5.41, 5.74) is 3.65.